The first-order valence-electron chi connectivity index (χ1n) is 14.3. The fourth-order valence-corrected chi connectivity index (χ4v) is 5.63. The monoisotopic (exact) mass is 626 g/mol. The number of aromatic nitrogens is 4. The van der Waals surface area contributed by atoms with Crippen LogP contribution < -0.4 is 9.80 Å². The molecule has 8 nitrogen and oxygen atoms in total. The average molecular weight is 627 g/mol. The lowest BCUT2D eigenvalue weighted by Crippen LogP contribution is -2.36. The molecule has 1 heterocycles. The van der Waals surface area contributed by atoms with Gasteiger partial charge in [-0.05, 0) is 89.8 Å². The van der Waals surface area contributed by atoms with Crippen molar-refractivity contribution in [2.45, 2.75) is 78.3 Å². The second-order valence-corrected chi connectivity index (χ2v) is 12.0. The Morgan fingerprint density at radius 1 is 0.932 bits per heavy atom. The molecular weight excluding hydrogens is 590 g/mol. The summed E-state index contributed by atoms with van der Waals surface area (Å²) in [5, 5.41) is 21.3. The minimum Gasteiger partial charge on any atom is -0.481 e. The number of hydrogen-bond donors (Lipinski definition) is 1. The van der Waals surface area contributed by atoms with Gasteiger partial charge in [0.15, 0.2) is 0 Å². The van der Waals surface area contributed by atoms with Gasteiger partial charge in [0.25, 0.3) is 5.95 Å². The average Bonchev–Trinajstić information content (AvgIpc) is 3.57. The van der Waals surface area contributed by atoms with E-state index in [1.807, 2.05) is 26.8 Å². The first-order valence-corrected chi connectivity index (χ1v) is 14.3. The van der Waals surface area contributed by atoms with Crippen LogP contribution in [0.3, 0.4) is 0 Å². The van der Waals surface area contributed by atoms with Gasteiger partial charge < -0.3 is 14.9 Å². The summed E-state index contributed by atoms with van der Waals surface area (Å²) in [7, 11) is 1.51. The predicted molar refractivity (Wildman–Crippen MR) is 152 cm³/mol. The summed E-state index contributed by atoms with van der Waals surface area (Å²) in [6.07, 6.45) is -6.78. The molecule has 0 saturated heterocycles. The van der Waals surface area contributed by atoms with Crippen LogP contribution >= 0.6 is 0 Å². The number of rotatable bonds is 12. The molecule has 44 heavy (non-hydrogen) atoms. The Kier molecular flexibility index (Phi) is 9.50. The minimum absolute atomic E-state index is 0.0185. The van der Waals surface area contributed by atoms with Crippen molar-refractivity contribution in [1.82, 2.24) is 20.2 Å². The number of carboxylic acid groups (broad SMARTS) is 1. The molecule has 0 aliphatic heterocycles. The second kappa shape index (κ2) is 12.6. The molecule has 1 aliphatic rings. The molecule has 0 unspecified atom stereocenters. The van der Waals surface area contributed by atoms with Gasteiger partial charge in [0.2, 0.25) is 0 Å². The highest BCUT2D eigenvalue weighted by atomic mass is 19.4. The molecule has 4 rings (SSSR count). The van der Waals surface area contributed by atoms with E-state index >= 15 is 0 Å². The molecule has 1 aromatic heterocycles. The Morgan fingerprint density at radius 3 is 2.07 bits per heavy atom. The van der Waals surface area contributed by atoms with Crippen LogP contribution in [0.2, 0.25) is 0 Å². The van der Waals surface area contributed by atoms with Gasteiger partial charge in [0, 0.05) is 38.3 Å². The van der Waals surface area contributed by atoms with Gasteiger partial charge in [-0.1, -0.05) is 25.0 Å². The van der Waals surface area contributed by atoms with Crippen LogP contribution in [0.1, 0.15) is 73.4 Å². The lowest BCUT2D eigenvalue weighted by Gasteiger charge is -2.35. The highest BCUT2D eigenvalue weighted by Crippen LogP contribution is 2.38. The number of halogens is 6. The van der Waals surface area contributed by atoms with E-state index in [2.05, 4.69) is 26.4 Å². The minimum atomic E-state index is -4.98. The number of aryl methyl sites for hydroxylation is 3. The normalized spacial score (nSPS) is 13.7. The zero-order valence-electron chi connectivity index (χ0n) is 25.1. The fraction of sp³-hybridized carbons (Fsp3) is 0.533. The van der Waals surface area contributed by atoms with E-state index in [0.29, 0.717) is 31.6 Å². The maximum atomic E-state index is 13.6. The summed E-state index contributed by atoms with van der Waals surface area (Å²) in [4.78, 5) is 16.1. The van der Waals surface area contributed by atoms with E-state index in [1.165, 1.54) is 22.3 Å². The van der Waals surface area contributed by atoms with Crippen molar-refractivity contribution < 1.29 is 36.2 Å². The van der Waals surface area contributed by atoms with Gasteiger partial charge >= 0.3 is 18.3 Å². The fourth-order valence-electron chi connectivity index (χ4n) is 5.63. The summed E-state index contributed by atoms with van der Waals surface area (Å²) >= 11 is 0. The largest absolute Gasteiger partial charge is 0.481 e. The first-order chi connectivity index (χ1) is 20.4. The lowest BCUT2D eigenvalue weighted by molar-refractivity contribution is -0.143. The van der Waals surface area contributed by atoms with E-state index in [4.69, 9.17) is 0 Å². The van der Waals surface area contributed by atoms with Crippen molar-refractivity contribution >= 4 is 17.6 Å². The Balaban J connectivity index is 1.76. The van der Waals surface area contributed by atoms with Crippen LogP contribution in [0.4, 0.5) is 38.0 Å². The van der Waals surface area contributed by atoms with E-state index < -0.39 is 29.4 Å². The molecule has 2 aromatic carbocycles. The zero-order valence-corrected chi connectivity index (χ0v) is 25.1. The van der Waals surface area contributed by atoms with Gasteiger partial charge in [-0.2, -0.15) is 31.1 Å². The van der Waals surface area contributed by atoms with Gasteiger partial charge in [-0.3, -0.25) is 4.79 Å². The van der Waals surface area contributed by atoms with Crippen LogP contribution in [0.5, 0.6) is 0 Å². The van der Waals surface area contributed by atoms with E-state index in [0.717, 1.165) is 36.1 Å². The summed E-state index contributed by atoms with van der Waals surface area (Å²) in [6, 6.07) is 5.68. The van der Waals surface area contributed by atoms with Crippen molar-refractivity contribution in [1.29, 1.82) is 0 Å². The van der Waals surface area contributed by atoms with Crippen LogP contribution in [-0.2, 0) is 50.1 Å². The molecule has 3 aromatic rings. The molecule has 0 fully saturated rings. The van der Waals surface area contributed by atoms with Crippen molar-refractivity contribution in [2.24, 2.45) is 12.5 Å². The number of alkyl halides is 6. The second-order valence-electron chi connectivity index (χ2n) is 12.0. The number of nitrogens with zero attached hydrogens (tertiary/aromatic N) is 6. The van der Waals surface area contributed by atoms with Gasteiger partial charge in [-0.15, -0.1) is 5.10 Å². The molecule has 0 amide bonds. The molecule has 240 valence electrons. The van der Waals surface area contributed by atoms with E-state index in [-0.39, 0.29) is 42.5 Å². The zero-order chi connectivity index (χ0) is 32.4. The van der Waals surface area contributed by atoms with Crippen LogP contribution in [0, 0.1) is 5.41 Å². The summed E-state index contributed by atoms with van der Waals surface area (Å²) < 4.78 is 81.8. The maximum absolute atomic E-state index is 13.6. The number of aliphatic carboxylic acids is 1. The Hall–Kier alpha value is -3.84. The van der Waals surface area contributed by atoms with Crippen LogP contribution in [0.25, 0.3) is 0 Å². The quantitative estimate of drug-likeness (QED) is 0.225. The lowest BCUT2D eigenvalue weighted by atomic mass is 9.86. The smallest absolute Gasteiger partial charge is 0.416 e. The molecule has 0 radical (unpaired) electrons. The van der Waals surface area contributed by atoms with Crippen molar-refractivity contribution in [3.8, 4) is 0 Å². The molecule has 0 bridgehead atoms. The molecule has 1 N–H and O–H groups in total. The Morgan fingerprint density at radius 2 is 1.55 bits per heavy atom. The van der Waals surface area contributed by atoms with Gasteiger partial charge in [-0.25, -0.2) is 0 Å². The van der Waals surface area contributed by atoms with Crippen molar-refractivity contribution in [3.05, 3.63) is 63.7 Å². The summed E-state index contributed by atoms with van der Waals surface area (Å²) in [5.74, 6) is -0.829. The number of hydrogen-bond acceptors (Lipinski definition) is 6. The van der Waals surface area contributed by atoms with Gasteiger partial charge in [0.05, 0.1) is 18.2 Å². The topological polar surface area (TPSA) is 87.4 Å². The number of fused-ring (bicyclic) bond motifs is 1. The number of carbonyl (C=O) groups is 1. The highest BCUT2D eigenvalue weighted by molar-refractivity contribution is 5.66. The van der Waals surface area contributed by atoms with E-state index in [1.54, 1.807) is 0 Å². The Bertz CT molecular complexity index is 1450. The molecule has 0 saturated carbocycles. The summed E-state index contributed by atoms with van der Waals surface area (Å²) in [5.41, 5.74) is 0.634. The highest BCUT2D eigenvalue weighted by Gasteiger charge is 2.37. The van der Waals surface area contributed by atoms with Crippen LogP contribution in [0.15, 0.2) is 30.3 Å². The number of tetrazole rings is 1. The SMILES string of the molecule is CCN(CC(C)(C)CCC(=O)O)c1cc2c(cc1CN(Cc1cc(C(F)(F)F)cc(C(F)(F)F)c1)c1nnn(C)n1)CCC2. The standard InChI is InChI=1S/C30H36F6N6O2/c1-5-41(18-28(2,3)10-9-26(43)44)25-14-21-8-6-7-20(21)13-22(25)17-42(27-37-39-40(4)38-27)16-19-11-23(29(31,32)33)15-24(12-19)30(34,35)36/h11-15H,5-10,16-18H2,1-4H3,(H,43,44). The third-order valence-electron chi connectivity index (χ3n) is 7.81. The number of anilines is 2. The molecule has 0 atom stereocenters. The number of carboxylic acids is 1. The summed E-state index contributed by atoms with van der Waals surface area (Å²) in [6.45, 7) is 6.83. The maximum Gasteiger partial charge on any atom is 0.416 e. The number of benzene rings is 2. The van der Waals surface area contributed by atoms with E-state index in [9.17, 15) is 36.2 Å². The predicted octanol–water partition coefficient (Wildman–Crippen LogP) is 6.66. The van der Waals surface area contributed by atoms with Gasteiger partial charge in [0.1, 0.15) is 0 Å². The molecule has 1 aliphatic carbocycles. The van der Waals surface area contributed by atoms with Crippen molar-refractivity contribution in [2.75, 3.05) is 22.9 Å². The molecule has 14 heteroatoms. The van der Waals surface area contributed by atoms with Crippen LogP contribution in [-0.4, -0.2) is 44.4 Å². The molecular formula is C30H36F6N6O2. The Labute approximate surface area is 251 Å². The third kappa shape index (κ3) is 8.20. The van der Waals surface area contributed by atoms with Crippen molar-refractivity contribution in [3.63, 3.8) is 0 Å². The molecule has 0 spiro atoms. The first kappa shape index (κ1) is 33.1. The third-order valence-corrected chi connectivity index (χ3v) is 7.81.